The molecule has 9 heteroatoms. The maximum absolute atomic E-state index is 13.3. The van der Waals surface area contributed by atoms with Gasteiger partial charge in [-0.25, -0.2) is 23.6 Å². The number of rotatable bonds is 5. The minimum absolute atomic E-state index is 0.000855. The van der Waals surface area contributed by atoms with Gasteiger partial charge >= 0.3 is 0 Å². The van der Waals surface area contributed by atoms with Crippen LogP contribution in [-0.2, 0) is 10.0 Å². The zero-order valence-corrected chi connectivity index (χ0v) is 11.8. The highest BCUT2D eigenvalue weighted by molar-refractivity contribution is 7.92. The molecule has 7 nitrogen and oxygen atoms in total. The van der Waals surface area contributed by atoms with Crippen molar-refractivity contribution >= 4 is 21.5 Å². The molecule has 0 radical (unpaired) electrons. The van der Waals surface area contributed by atoms with Crippen molar-refractivity contribution in [2.45, 2.75) is 4.90 Å². The van der Waals surface area contributed by atoms with Gasteiger partial charge in [0.05, 0.1) is 12.8 Å². The summed E-state index contributed by atoms with van der Waals surface area (Å²) >= 11 is 0. The number of nitrogens with two attached hydrogens (primary N) is 1. The van der Waals surface area contributed by atoms with Gasteiger partial charge in [0.1, 0.15) is 4.90 Å². The van der Waals surface area contributed by atoms with Crippen LogP contribution in [0.3, 0.4) is 0 Å². The largest absolute Gasteiger partial charge is 0.494 e. The van der Waals surface area contributed by atoms with Gasteiger partial charge in [-0.2, -0.15) is 0 Å². The van der Waals surface area contributed by atoms with Crippen LogP contribution in [0.25, 0.3) is 0 Å². The highest BCUT2D eigenvalue weighted by Gasteiger charge is 2.19. The van der Waals surface area contributed by atoms with Gasteiger partial charge in [0.25, 0.3) is 10.0 Å². The van der Waals surface area contributed by atoms with Crippen LogP contribution in [-0.4, -0.2) is 20.5 Å². The van der Waals surface area contributed by atoms with Gasteiger partial charge in [0, 0.05) is 12.3 Å². The van der Waals surface area contributed by atoms with E-state index in [1.165, 1.54) is 37.6 Å². The lowest BCUT2D eigenvalue weighted by atomic mass is 10.3. The Morgan fingerprint density at radius 2 is 2.10 bits per heavy atom. The minimum atomic E-state index is -3.93. The third-order valence-corrected chi connectivity index (χ3v) is 4.01. The number of methoxy groups -OCH3 is 1. The molecule has 0 aliphatic rings. The van der Waals surface area contributed by atoms with Crippen molar-refractivity contribution in [2.75, 3.05) is 17.3 Å². The molecule has 2 rings (SSSR count). The van der Waals surface area contributed by atoms with Crippen LogP contribution in [0.5, 0.6) is 5.75 Å². The number of pyridine rings is 1. The Kier molecular flexibility index (Phi) is 4.24. The molecule has 1 aromatic heterocycles. The van der Waals surface area contributed by atoms with Crippen LogP contribution in [0.15, 0.2) is 41.4 Å². The molecule has 0 saturated heterocycles. The second-order valence-corrected chi connectivity index (χ2v) is 5.60. The zero-order chi connectivity index (χ0) is 15.5. The standard InChI is InChI=1S/C12H13FN4O3S/c1-20-10-7-8(4-5-9(10)13)17-21(18,19)11-3-2-6-15-12(11)16-14/h2-7,17H,14H2,1H3,(H,15,16). The number of nitrogens with zero attached hydrogens (tertiary/aromatic N) is 1. The van der Waals surface area contributed by atoms with Crippen LogP contribution < -0.4 is 20.7 Å². The summed E-state index contributed by atoms with van der Waals surface area (Å²) in [5.41, 5.74) is 2.36. The number of aromatic nitrogens is 1. The third-order valence-electron chi connectivity index (χ3n) is 2.60. The fourth-order valence-corrected chi connectivity index (χ4v) is 2.82. The summed E-state index contributed by atoms with van der Waals surface area (Å²) in [4.78, 5) is 3.68. The third kappa shape index (κ3) is 3.20. The van der Waals surface area contributed by atoms with Crippen molar-refractivity contribution in [3.8, 4) is 5.75 Å². The van der Waals surface area contributed by atoms with Crippen LogP contribution >= 0.6 is 0 Å². The first-order chi connectivity index (χ1) is 9.97. The Morgan fingerprint density at radius 3 is 2.76 bits per heavy atom. The van der Waals surface area contributed by atoms with Gasteiger partial charge in [-0.1, -0.05) is 0 Å². The summed E-state index contributed by atoms with van der Waals surface area (Å²) in [6.07, 6.45) is 1.40. The molecule has 21 heavy (non-hydrogen) atoms. The van der Waals surface area contributed by atoms with Gasteiger partial charge in [-0.15, -0.1) is 0 Å². The topological polar surface area (TPSA) is 106 Å². The van der Waals surface area contributed by atoms with Crippen LogP contribution in [0.2, 0.25) is 0 Å². The number of hydrogen-bond donors (Lipinski definition) is 3. The molecule has 0 aliphatic heterocycles. The number of hydrazine groups is 1. The quantitative estimate of drug-likeness (QED) is 0.568. The maximum Gasteiger partial charge on any atom is 0.265 e. The Labute approximate surface area is 121 Å². The lowest BCUT2D eigenvalue weighted by Gasteiger charge is -2.11. The van der Waals surface area contributed by atoms with Crippen molar-refractivity contribution in [1.29, 1.82) is 0 Å². The number of halogens is 1. The van der Waals surface area contributed by atoms with Crippen LogP contribution in [0.1, 0.15) is 0 Å². The summed E-state index contributed by atoms with van der Waals surface area (Å²) in [6.45, 7) is 0. The molecule has 1 heterocycles. The van der Waals surface area contributed by atoms with E-state index < -0.39 is 15.8 Å². The maximum atomic E-state index is 13.3. The molecule has 0 fully saturated rings. The summed E-state index contributed by atoms with van der Waals surface area (Å²) in [6, 6.07) is 6.41. The average Bonchev–Trinajstić information content (AvgIpc) is 2.49. The molecule has 0 atom stereocenters. The first kappa shape index (κ1) is 15.0. The zero-order valence-electron chi connectivity index (χ0n) is 11.0. The second-order valence-electron chi connectivity index (χ2n) is 3.95. The number of benzene rings is 1. The van der Waals surface area contributed by atoms with E-state index in [2.05, 4.69) is 15.1 Å². The SMILES string of the molecule is COc1cc(NS(=O)(=O)c2cccnc2NN)ccc1F. The van der Waals surface area contributed by atoms with Gasteiger partial charge in [0.2, 0.25) is 0 Å². The fraction of sp³-hybridized carbons (Fsp3) is 0.0833. The molecule has 0 amide bonds. The molecule has 0 aliphatic carbocycles. The number of nitrogen functional groups attached to an aromatic ring is 1. The normalized spacial score (nSPS) is 11.0. The van der Waals surface area contributed by atoms with Crippen molar-refractivity contribution in [2.24, 2.45) is 5.84 Å². The van der Waals surface area contributed by atoms with Gasteiger partial charge in [-0.05, 0) is 24.3 Å². The number of hydrogen-bond acceptors (Lipinski definition) is 6. The van der Waals surface area contributed by atoms with Crippen LogP contribution in [0.4, 0.5) is 15.9 Å². The highest BCUT2D eigenvalue weighted by Crippen LogP contribution is 2.25. The Bertz CT molecular complexity index is 752. The summed E-state index contributed by atoms with van der Waals surface area (Å²) in [5.74, 6) is 4.57. The van der Waals surface area contributed by atoms with E-state index in [1.807, 2.05) is 0 Å². The van der Waals surface area contributed by atoms with Crippen molar-refractivity contribution < 1.29 is 17.5 Å². The number of anilines is 2. The Balaban J connectivity index is 2.37. The summed E-state index contributed by atoms with van der Waals surface area (Å²) in [5, 5.41) is 0. The molecule has 112 valence electrons. The average molecular weight is 312 g/mol. The van der Waals surface area contributed by atoms with Crippen molar-refractivity contribution in [1.82, 2.24) is 4.98 Å². The van der Waals surface area contributed by atoms with Gasteiger partial charge in [0.15, 0.2) is 17.4 Å². The summed E-state index contributed by atoms with van der Waals surface area (Å²) < 4.78 is 45.0. The van der Waals surface area contributed by atoms with E-state index in [1.54, 1.807) is 0 Å². The first-order valence-corrected chi connectivity index (χ1v) is 7.24. The van der Waals surface area contributed by atoms with Gasteiger partial charge in [-0.3, -0.25) is 4.72 Å². The van der Waals surface area contributed by atoms with Gasteiger partial charge < -0.3 is 10.2 Å². The van der Waals surface area contributed by atoms with E-state index >= 15 is 0 Å². The first-order valence-electron chi connectivity index (χ1n) is 5.76. The van der Waals surface area contributed by atoms with Crippen molar-refractivity contribution in [3.63, 3.8) is 0 Å². The smallest absolute Gasteiger partial charge is 0.265 e. The molecule has 2 aromatic rings. The number of sulfonamides is 1. The molecular formula is C12H13FN4O3S. The lowest BCUT2D eigenvalue weighted by molar-refractivity contribution is 0.387. The molecule has 1 aromatic carbocycles. The molecular weight excluding hydrogens is 299 g/mol. The second kappa shape index (κ2) is 5.94. The number of nitrogens with one attached hydrogen (secondary N) is 2. The Hall–Kier alpha value is -2.39. The van der Waals surface area contributed by atoms with E-state index in [4.69, 9.17) is 10.6 Å². The molecule has 4 N–H and O–H groups in total. The van der Waals surface area contributed by atoms with E-state index in [0.717, 1.165) is 6.07 Å². The highest BCUT2D eigenvalue weighted by atomic mass is 32.2. The predicted octanol–water partition coefficient (Wildman–Crippen LogP) is 1.32. The fourth-order valence-electron chi connectivity index (χ4n) is 1.65. The van der Waals surface area contributed by atoms with E-state index in [0.29, 0.717) is 0 Å². The monoisotopic (exact) mass is 312 g/mol. The van der Waals surface area contributed by atoms with E-state index in [-0.39, 0.29) is 22.2 Å². The lowest BCUT2D eigenvalue weighted by Crippen LogP contribution is -2.18. The van der Waals surface area contributed by atoms with Crippen LogP contribution in [0, 0.1) is 5.82 Å². The minimum Gasteiger partial charge on any atom is -0.494 e. The molecule has 0 bridgehead atoms. The molecule has 0 spiro atoms. The summed E-state index contributed by atoms with van der Waals surface area (Å²) in [7, 11) is -2.64. The molecule has 0 saturated carbocycles. The van der Waals surface area contributed by atoms with Crippen molar-refractivity contribution in [3.05, 3.63) is 42.3 Å². The Morgan fingerprint density at radius 1 is 1.33 bits per heavy atom. The predicted molar refractivity (Wildman–Crippen MR) is 75.8 cm³/mol. The van der Waals surface area contributed by atoms with E-state index in [9.17, 15) is 12.8 Å². The molecule has 0 unspecified atom stereocenters. The number of ether oxygens (including phenoxy) is 1.